The van der Waals surface area contributed by atoms with E-state index in [0.29, 0.717) is 16.8 Å². The average molecular weight is 217 g/mol. The van der Waals surface area contributed by atoms with Crippen molar-refractivity contribution >= 4 is 11.5 Å². The van der Waals surface area contributed by atoms with Gasteiger partial charge in [0.2, 0.25) is 0 Å². The number of rotatable bonds is 1. The third-order valence-electron chi connectivity index (χ3n) is 1.96. The van der Waals surface area contributed by atoms with Crippen LogP contribution in [0.5, 0.6) is 0 Å². The summed E-state index contributed by atoms with van der Waals surface area (Å²) in [6.07, 6.45) is 0. The molecule has 0 bridgehead atoms. The van der Waals surface area contributed by atoms with E-state index in [0.717, 1.165) is 0 Å². The lowest BCUT2D eigenvalue weighted by molar-refractivity contribution is 0.101. The van der Waals surface area contributed by atoms with Gasteiger partial charge in [0, 0.05) is 16.8 Å². The number of carbonyl (C=O) groups is 1. The minimum absolute atomic E-state index is 0.0358. The summed E-state index contributed by atoms with van der Waals surface area (Å²) < 4.78 is 0. The Balaban J connectivity index is 3.17. The van der Waals surface area contributed by atoms with E-state index >= 15 is 0 Å². The molecule has 1 aromatic rings. The molecule has 0 saturated heterocycles. The molecule has 0 spiro atoms. The lowest BCUT2D eigenvalue weighted by atomic mass is 10.0. The van der Waals surface area contributed by atoms with Gasteiger partial charge in [-0.15, -0.1) is 0 Å². The van der Waals surface area contributed by atoms with Gasteiger partial charge in [0.05, 0.1) is 0 Å². The summed E-state index contributed by atoms with van der Waals surface area (Å²) >= 11 is 0. The number of carbonyl (C=O) groups excluding carboxylic acids is 1. The van der Waals surface area contributed by atoms with E-state index in [1.54, 1.807) is 32.0 Å². The lowest BCUT2D eigenvalue weighted by Crippen LogP contribution is -2.14. The monoisotopic (exact) mass is 217 g/mol. The van der Waals surface area contributed by atoms with E-state index in [-0.39, 0.29) is 5.78 Å². The molecule has 84 valence electrons. The maximum atomic E-state index is 11.2. The highest BCUT2D eigenvalue weighted by Gasteiger charge is 2.07. The van der Waals surface area contributed by atoms with Gasteiger partial charge in [-0.05, 0) is 39.0 Å². The van der Waals surface area contributed by atoms with Crippen LogP contribution in [0.1, 0.15) is 36.7 Å². The van der Waals surface area contributed by atoms with Gasteiger partial charge in [-0.2, -0.15) is 0 Å². The largest absolute Gasteiger partial charge is 0.398 e. The van der Waals surface area contributed by atoms with Crippen LogP contribution in [0.2, 0.25) is 0 Å². The summed E-state index contributed by atoms with van der Waals surface area (Å²) in [7, 11) is 0. The fourth-order valence-electron chi connectivity index (χ4n) is 1.10. The van der Waals surface area contributed by atoms with Gasteiger partial charge in [0.25, 0.3) is 0 Å². The summed E-state index contributed by atoms with van der Waals surface area (Å²) in [6, 6.07) is 4.94. The molecule has 0 amide bonds. The zero-order chi connectivity index (χ0) is 12.3. The van der Waals surface area contributed by atoms with Crippen molar-refractivity contribution in [2.75, 3.05) is 5.73 Å². The van der Waals surface area contributed by atoms with Gasteiger partial charge >= 0.3 is 0 Å². The van der Waals surface area contributed by atoms with Gasteiger partial charge in [-0.3, -0.25) is 4.79 Å². The summed E-state index contributed by atoms with van der Waals surface area (Å²) in [4.78, 5) is 11.2. The summed E-state index contributed by atoms with van der Waals surface area (Å²) in [5, 5.41) is 9.47. The molecule has 0 aliphatic carbocycles. The highest BCUT2D eigenvalue weighted by Crippen LogP contribution is 2.14. The van der Waals surface area contributed by atoms with Crippen LogP contribution in [-0.2, 0) is 0 Å². The normalized spacial score (nSPS) is 10.5. The number of Topliss-reactive ketones (excluding diaryl/α,β-unsaturated/α-hetero) is 1. The van der Waals surface area contributed by atoms with E-state index in [1.807, 2.05) is 0 Å². The second-order valence-corrected chi connectivity index (χ2v) is 4.17. The van der Waals surface area contributed by atoms with Gasteiger partial charge in [0.15, 0.2) is 5.78 Å². The number of nitrogens with two attached hydrogens (primary N) is 1. The van der Waals surface area contributed by atoms with Crippen molar-refractivity contribution < 1.29 is 9.90 Å². The number of nitrogen functional groups attached to an aromatic ring is 1. The Morgan fingerprint density at radius 2 is 2.06 bits per heavy atom. The Morgan fingerprint density at radius 3 is 2.56 bits per heavy atom. The molecule has 3 N–H and O–H groups in total. The van der Waals surface area contributed by atoms with E-state index < -0.39 is 5.60 Å². The Kier molecular flexibility index (Phi) is 3.36. The average Bonchev–Trinajstić information content (AvgIpc) is 2.14. The van der Waals surface area contributed by atoms with E-state index in [1.165, 1.54) is 6.92 Å². The molecule has 0 saturated carbocycles. The second kappa shape index (κ2) is 4.38. The zero-order valence-electron chi connectivity index (χ0n) is 9.66. The molecule has 16 heavy (non-hydrogen) atoms. The first-order chi connectivity index (χ1) is 7.29. The first-order valence-corrected chi connectivity index (χ1v) is 4.95. The molecule has 3 heteroatoms. The first kappa shape index (κ1) is 12.3. The minimum atomic E-state index is -1.07. The Bertz CT molecular complexity index is 473. The van der Waals surface area contributed by atoms with Crippen LogP contribution in [0.3, 0.4) is 0 Å². The van der Waals surface area contributed by atoms with Gasteiger partial charge in [-0.1, -0.05) is 11.8 Å². The molecular weight excluding hydrogens is 202 g/mol. The van der Waals surface area contributed by atoms with Crippen LogP contribution >= 0.6 is 0 Å². The maximum Gasteiger partial charge on any atom is 0.159 e. The Hall–Kier alpha value is -1.79. The molecular formula is C13H15NO2. The fraction of sp³-hybridized carbons (Fsp3) is 0.308. The SMILES string of the molecule is CC(=O)c1ccc(N)c(C#CC(C)(C)O)c1. The topological polar surface area (TPSA) is 63.3 Å². The highest BCUT2D eigenvalue weighted by atomic mass is 16.3. The molecule has 0 atom stereocenters. The maximum absolute atomic E-state index is 11.2. The first-order valence-electron chi connectivity index (χ1n) is 4.95. The van der Waals surface area contributed by atoms with E-state index in [9.17, 15) is 9.90 Å². The van der Waals surface area contributed by atoms with Gasteiger partial charge in [-0.25, -0.2) is 0 Å². The number of ketones is 1. The van der Waals surface area contributed by atoms with Crippen LogP contribution in [-0.4, -0.2) is 16.5 Å². The van der Waals surface area contributed by atoms with E-state index in [2.05, 4.69) is 11.8 Å². The minimum Gasteiger partial charge on any atom is -0.398 e. The smallest absolute Gasteiger partial charge is 0.159 e. The molecule has 1 aromatic carbocycles. The van der Waals surface area contributed by atoms with Crippen molar-refractivity contribution in [1.29, 1.82) is 0 Å². The van der Waals surface area contributed by atoms with Crippen molar-refractivity contribution in [3.8, 4) is 11.8 Å². The Labute approximate surface area is 95.3 Å². The number of aliphatic hydroxyl groups is 1. The van der Waals surface area contributed by atoms with Gasteiger partial charge in [0.1, 0.15) is 5.60 Å². The zero-order valence-corrected chi connectivity index (χ0v) is 9.66. The van der Waals surface area contributed by atoms with Crippen molar-refractivity contribution in [3.05, 3.63) is 29.3 Å². The van der Waals surface area contributed by atoms with Crippen LogP contribution in [0.25, 0.3) is 0 Å². The standard InChI is InChI=1S/C13H15NO2/c1-9(15)10-4-5-12(14)11(8-10)6-7-13(2,3)16/h4-5,8,16H,14H2,1-3H3. The molecule has 0 aromatic heterocycles. The van der Waals surface area contributed by atoms with Crippen LogP contribution in [0.15, 0.2) is 18.2 Å². The molecule has 0 aliphatic heterocycles. The third-order valence-corrected chi connectivity index (χ3v) is 1.96. The number of benzene rings is 1. The Morgan fingerprint density at radius 1 is 1.44 bits per heavy atom. The molecule has 0 aliphatic rings. The van der Waals surface area contributed by atoms with Crippen molar-refractivity contribution in [3.63, 3.8) is 0 Å². The molecule has 0 unspecified atom stereocenters. The van der Waals surface area contributed by atoms with Crippen LogP contribution in [0.4, 0.5) is 5.69 Å². The van der Waals surface area contributed by atoms with Crippen LogP contribution in [0, 0.1) is 11.8 Å². The number of hydrogen-bond acceptors (Lipinski definition) is 3. The highest BCUT2D eigenvalue weighted by molar-refractivity contribution is 5.95. The molecule has 3 nitrogen and oxygen atoms in total. The third kappa shape index (κ3) is 3.41. The molecule has 1 rings (SSSR count). The summed E-state index contributed by atoms with van der Waals surface area (Å²) in [5.74, 6) is 5.39. The van der Waals surface area contributed by atoms with Crippen molar-refractivity contribution in [1.82, 2.24) is 0 Å². The lowest BCUT2D eigenvalue weighted by Gasteiger charge is -2.07. The van der Waals surface area contributed by atoms with Crippen molar-refractivity contribution in [2.45, 2.75) is 26.4 Å². The predicted molar refractivity (Wildman–Crippen MR) is 64.0 cm³/mol. The number of hydrogen-bond donors (Lipinski definition) is 2. The predicted octanol–water partition coefficient (Wildman–Crippen LogP) is 1.59. The summed E-state index contributed by atoms with van der Waals surface area (Å²) in [5.41, 5.74) is 6.28. The summed E-state index contributed by atoms with van der Waals surface area (Å²) in [6.45, 7) is 4.66. The van der Waals surface area contributed by atoms with Crippen LogP contribution < -0.4 is 5.73 Å². The fourth-order valence-corrected chi connectivity index (χ4v) is 1.10. The molecule has 0 heterocycles. The van der Waals surface area contributed by atoms with E-state index in [4.69, 9.17) is 5.73 Å². The quantitative estimate of drug-likeness (QED) is 0.426. The molecule has 0 fully saturated rings. The number of anilines is 1. The second-order valence-electron chi connectivity index (χ2n) is 4.17. The van der Waals surface area contributed by atoms with Gasteiger partial charge < -0.3 is 10.8 Å². The van der Waals surface area contributed by atoms with Crippen molar-refractivity contribution in [2.24, 2.45) is 0 Å². The molecule has 0 radical (unpaired) electrons.